The largest absolute Gasteiger partial charge is 0.496 e. The van der Waals surface area contributed by atoms with E-state index in [2.05, 4.69) is 20.5 Å². The van der Waals surface area contributed by atoms with Gasteiger partial charge in [-0.1, -0.05) is 22.5 Å². The van der Waals surface area contributed by atoms with Gasteiger partial charge in [0.05, 0.1) is 13.3 Å². The summed E-state index contributed by atoms with van der Waals surface area (Å²) in [5.41, 5.74) is 1.63. The third kappa shape index (κ3) is 2.49. The maximum Gasteiger partial charge on any atom is 0.223 e. The van der Waals surface area contributed by atoms with E-state index in [1.54, 1.807) is 18.7 Å². The molecule has 1 atom stereocenters. The number of benzene rings is 1. The van der Waals surface area contributed by atoms with Crippen molar-refractivity contribution in [3.8, 4) is 17.0 Å². The Hall–Kier alpha value is -2.70. The third-order valence-electron chi connectivity index (χ3n) is 3.21. The Labute approximate surface area is 121 Å². The first-order valence-corrected chi connectivity index (χ1v) is 6.54. The van der Waals surface area contributed by atoms with E-state index in [1.807, 2.05) is 37.4 Å². The molecule has 21 heavy (non-hydrogen) atoms. The number of hydrogen-bond donors (Lipinski definition) is 0. The van der Waals surface area contributed by atoms with Gasteiger partial charge in [0.1, 0.15) is 17.5 Å². The van der Waals surface area contributed by atoms with Gasteiger partial charge in [-0.25, -0.2) is 4.68 Å². The molecule has 7 nitrogen and oxygen atoms in total. The fourth-order valence-corrected chi connectivity index (χ4v) is 2.05. The molecule has 2 aromatic heterocycles. The average molecular weight is 285 g/mol. The van der Waals surface area contributed by atoms with Gasteiger partial charge in [-0.3, -0.25) is 0 Å². The van der Waals surface area contributed by atoms with Crippen molar-refractivity contribution in [3.05, 3.63) is 42.2 Å². The van der Waals surface area contributed by atoms with Gasteiger partial charge in [0, 0.05) is 12.5 Å². The Morgan fingerprint density at radius 1 is 1.29 bits per heavy atom. The molecule has 1 unspecified atom stereocenters. The van der Waals surface area contributed by atoms with E-state index in [-0.39, 0.29) is 6.04 Å². The van der Waals surface area contributed by atoms with Crippen molar-refractivity contribution in [2.45, 2.75) is 19.9 Å². The third-order valence-corrected chi connectivity index (χ3v) is 3.21. The minimum atomic E-state index is -0.154. The van der Waals surface area contributed by atoms with Crippen molar-refractivity contribution in [2.24, 2.45) is 0 Å². The molecule has 3 rings (SSSR count). The summed E-state index contributed by atoms with van der Waals surface area (Å²) in [7, 11) is 1.63. The molecule has 0 aliphatic carbocycles. The van der Waals surface area contributed by atoms with Crippen LogP contribution in [0.3, 0.4) is 0 Å². The first kappa shape index (κ1) is 13.3. The molecule has 0 aliphatic rings. The van der Waals surface area contributed by atoms with Crippen LogP contribution in [0.4, 0.5) is 0 Å². The first-order chi connectivity index (χ1) is 10.2. The predicted octanol–water partition coefficient (Wildman–Crippen LogP) is 2.25. The minimum absolute atomic E-state index is 0.154. The average Bonchev–Trinajstić information content (AvgIpc) is 3.15. The van der Waals surface area contributed by atoms with E-state index in [4.69, 9.17) is 9.26 Å². The van der Waals surface area contributed by atoms with Crippen LogP contribution in [0.2, 0.25) is 0 Å². The van der Waals surface area contributed by atoms with Gasteiger partial charge in [0.2, 0.25) is 5.89 Å². The monoisotopic (exact) mass is 285 g/mol. The van der Waals surface area contributed by atoms with Crippen LogP contribution in [0, 0.1) is 6.92 Å². The molecule has 0 fully saturated rings. The molecule has 0 saturated carbocycles. The molecular weight excluding hydrogens is 270 g/mol. The normalized spacial score (nSPS) is 12.3. The second-order valence-corrected chi connectivity index (χ2v) is 4.63. The lowest BCUT2D eigenvalue weighted by Gasteiger charge is -2.06. The number of aromatic nitrogens is 5. The summed E-state index contributed by atoms with van der Waals surface area (Å²) in [4.78, 5) is 4.21. The van der Waals surface area contributed by atoms with E-state index in [0.29, 0.717) is 11.7 Å². The van der Waals surface area contributed by atoms with Gasteiger partial charge in [-0.2, -0.15) is 4.98 Å². The summed E-state index contributed by atoms with van der Waals surface area (Å²) >= 11 is 0. The van der Waals surface area contributed by atoms with Crippen LogP contribution in [0.25, 0.3) is 11.3 Å². The molecule has 0 aliphatic heterocycles. The molecular formula is C14H15N5O2. The number of aryl methyl sites for hydroxylation is 1. The van der Waals surface area contributed by atoms with Gasteiger partial charge in [0.15, 0.2) is 5.82 Å². The molecule has 0 amide bonds. The van der Waals surface area contributed by atoms with Gasteiger partial charge in [0.25, 0.3) is 0 Å². The Bertz CT molecular complexity index is 749. The topological polar surface area (TPSA) is 78.9 Å². The second-order valence-electron chi connectivity index (χ2n) is 4.63. The van der Waals surface area contributed by atoms with Crippen molar-refractivity contribution in [1.82, 2.24) is 25.1 Å². The number of ether oxygens (including phenoxy) is 1. The number of para-hydroxylation sites is 1. The zero-order valence-corrected chi connectivity index (χ0v) is 12.0. The fourth-order valence-electron chi connectivity index (χ4n) is 2.05. The molecule has 3 aromatic rings. The Morgan fingerprint density at radius 2 is 2.10 bits per heavy atom. The smallest absolute Gasteiger partial charge is 0.223 e. The Kier molecular flexibility index (Phi) is 3.39. The highest BCUT2D eigenvalue weighted by molar-refractivity contribution is 5.66. The molecule has 0 N–H and O–H groups in total. The lowest BCUT2D eigenvalue weighted by Crippen LogP contribution is -2.09. The molecule has 0 saturated heterocycles. The molecule has 0 radical (unpaired) electrons. The van der Waals surface area contributed by atoms with E-state index >= 15 is 0 Å². The van der Waals surface area contributed by atoms with Crippen LogP contribution in [-0.2, 0) is 0 Å². The number of rotatable bonds is 4. The summed E-state index contributed by atoms with van der Waals surface area (Å²) in [6.07, 6.45) is 1.84. The van der Waals surface area contributed by atoms with E-state index < -0.39 is 0 Å². The highest BCUT2D eigenvalue weighted by Gasteiger charge is 2.17. The van der Waals surface area contributed by atoms with Crippen LogP contribution < -0.4 is 4.74 Å². The van der Waals surface area contributed by atoms with Crippen molar-refractivity contribution >= 4 is 0 Å². The lowest BCUT2D eigenvalue weighted by molar-refractivity contribution is 0.377. The number of methoxy groups -OCH3 is 1. The van der Waals surface area contributed by atoms with Gasteiger partial charge in [-0.05, 0) is 19.1 Å². The maximum absolute atomic E-state index is 5.34. The fraction of sp³-hybridized carbons (Fsp3) is 0.286. The summed E-state index contributed by atoms with van der Waals surface area (Å²) in [6, 6.07) is 7.52. The van der Waals surface area contributed by atoms with Crippen LogP contribution in [0.1, 0.15) is 24.7 Å². The summed E-state index contributed by atoms with van der Waals surface area (Å²) in [5.74, 6) is 1.86. The molecule has 0 spiro atoms. The molecule has 1 aromatic carbocycles. The second kappa shape index (κ2) is 5.35. The molecule has 108 valence electrons. The number of hydrogen-bond acceptors (Lipinski definition) is 6. The van der Waals surface area contributed by atoms with E-state index in [1.165, 1.54) is 0 Å². The van der Waals surface area contributed by atoms with Crippen LogP contribution >= 0.6 is 0 Å². The summed E-state index contributed by atoms with van der Waals surface area (Å²) in [5, 5.41) is 12.2. The molecule has 2 heterocycles. The maximum atomic E-state index is 5.34. The van der Waals surface area contributed by atoms with E-state index in [0.717, 1.165) is 17.0 Å². The SMILES string of the molecule is COc1ccccc1-c1cn(C(C)c2noc(C)n2)nn1. The lowest BCUT2D eigenvalue weighted by atomic mass is 10.1. The van der Waals surface area contributed by atoms with Crippen molar-refractivity contribution < 1.29 is 9.26 Å². The van der Waals surface area contributed by atoms with Crippen LogP contribution in [0.15, 0.2) is 35.0 Å². The first-order valence-electron chi connectivity index (χ1n) is 6.54. The Morgan fingerprint density at radius 3 is 2.81 bits per heavy atom. The summed E-state index contributed by atoms with van der Waals surface area (Å²) < 4.78 is 12.0. The van der Waals surface area contributed by atoms with Crippen molar-refractivity contribution in [1.29, 1.82) is 0 Å². The highest BCUT2D eigenvalue weighted by atomic mass is 16.5. The minimum Gasteiger partial charge on any atom is -0.496 e. The Balaban J connectivity index is 1.93. The predicted molar refractivity (Wildman–Crippen MR) is 74.9 cm³/mol. The quantitative estimate of drug-likeness (QED) is 0.731. The van der Waals surface area contributed by atoms with Gasteiger partial charge < -0.3 is 9.26 Å². The zero-order valence-electron chi connectivity index (χ0n) is 12.0. The van der Waals surface area contributed by atoms with Crippen molar-refractivity contribution in [2.75, 3.05) is 7.11 Å². The van der Waals surface area contributed by atoms with Crippen molar-refractivity contribution in [3.63, 3.8) is 0 Å². The summed E-state index contributed by atoms with van der Waals surface area (Å²) in [6.45, 7) is 3.69. The molecule has 0 bridgehead atoms. The van der Waals surface area contributed by atoms with Crippen LogP contribution in [-0.4, -0.2) is 32.2 Å². The number of nitrogens with zero attached hydrogens (tertiary/aromatic N) is 5. The van der Waals surface area contributed by atoms with E-state index in [9.17, 15) is 0 Å². The van der Waals surface area contributed by atoms with Gasteiger partial charge >= 0.3 is 0 Å². The van der Waals surface area contributed by atoms with Crippen LogP contribution in [0.5, 0.6) is 5.75 Å². The van der Waals surface area contributed by atoms with Gasteiger partial charge in [-0.15, -0.1) is 5.10 Å². The standard InChI is InChI=1S/C14H15N5O2/c1-9(14-15-10(2)21-17-14)19-8-12(16-18-19)11-6-4-5-7-13(11)20-3/h4-9H,1-3H3. The highest BCUT2D eigenvalue weighted by Crippen LogP contribution is 2.28. The molecule has 7 heteroatoms. The zero-order chi connectivity index (χ0) is 14.8.